The molecule has 6 heteroatoms. The molecule has 0 atom stereocenters. The Morgan fingerprint density at radius 2 is 1.92 bits per heavy atom. The Morgan fingerprint density at radius 3 is 2.58 bits per heavy atom. The molecule has 0 aliphatic heterocycles. The van der Waals surface area contributed by atoms with Gasteiger partial charge < -0.3 is 4.90 Å². The summed E-state index contributed by atoms with van der Waals surface area (Å²) < 4.78 is 1.69. The van der Waals surface area contributed by atoms with Crippen LogP contribution in [0.25, 0.3) is 5.65 Å². The van der Waals surface area contributed by atoms with Crippen LogP contribution in [-0.2, 0) is 10.2 Å². The van der Waals surface area contributed by atoms with Crippen molar-refractivity contribution in [2.75, 3.05) is 24.3 Å². The molecule has 1 aliphatic carbocycles. The van der Waals surface area contributed by atoms with E-state index in [4.69, 9.17) is 0 Å². The van der Waals surface area contributed by atoms with Crippen molar-refractivity contribution in [1.29, 1.82) is 0 Å². The molecule has 0 saturated heterocycles. The predicted molar refractivity (Wildman–Crippen MR) is 93.3 cm³/mol. The van der Waals surface area contributed by atoms with Crippen LogP contribution in [0.3, 0.4) is 0 Å². The van der Waals surface area contributed by atoms with E-state index in [0.717, 1.165) is 29.7 Å². The zero-order valence-corrected chi connectivity index (χ0v) is 13.7. The average Bonchev–Trinajstić information content (AvgIpc) is 3.30. The second kappa shape index (κ2) is 5.33. The summed E-state index contributed by atoms with van der Waals surface area (Å²) in [5.74, 6) is 0.313. The molecule has 6 nitrogen and oxygen atoms in total. The van der Waals surface area contributed by atoms with E-state index >= 15 is 0 Å². The van der Waals surface area contributed by atoms with Gasteiger partial charge in [-0.15, -0.1) is 5.10 Å². The Bertz CT molecular complexity index is 896. The third-order valence-electron chi connectivity index (χ3n) is 4.56. The number of fused-ring (bicyclic) bond motifs is 1. The summed E-state index contributed by atoms with van der Waals surface area (Å²) >= 11 is 0. The molecule has 1 fully saturated rings. The highest BCUT2D eigenvalue weighted by Crippen LogP contribution is 2.48. The van der Waals surface area contributed by atoms with Gasteiger partial charge in [0.2, 0.25) is 11.9 Å². The van der Waals surface area contributed by atoms with Crippen LogP contribution in [-0.4, -0.2) is 34.6 Å². The maximum absolute atomic E-state index is 12.8. The highest BCUT2D eigenvalue weighted by Gasteiger charge is 2.51. The summed E-state index contributed by atoms with van der Waals surface area (Å²) in [5, 5.41) is 7.28. The van der Waals surface area contributed by atoms with Gasteiger partial charge in [0.1, 0.15) is 0 Å². The van der Waals surface area contributed by atoms with Crippen LogP contribution in [0, 0.1) is 0 Å². The number of amides is 1. The van der Waals surface area contributed by atoms with E-state index in [-0.39, 0.29) is 5.91 Å². The van der Waals surface area contributed by atoms with Gasteiger partial charge in [0.25, 0.3) is 0 Å². The fourth-order valence-electron chi connectivity index (χ4n) is 3.04. The summed E-state index contributed by atoms with van der Waals surface area (Å²) in [6.07, 6.45) is 3.55. The lowest BCUT2D eigenvalue weighted by Crippen LogP contribution is -2.28. The molecule has 1 N–H and O–H groups in total. The average molecular weight is 321 g/mol. The van der Waals surface area contributed by atoms with E-state index in [1.165, 1.54) is 0 Å². The number of anilines is 2. The van der Waals surface area contributed by atoms with Gasteiger partial charge >= 0.3 is 0 Å². The smallest absolute Gasteiger partial charge is 0.249 e. The summed E-state index contributed by atoms with van der Waals surface area (Å²) in [6.45, 7) is 0. The molecule has 24 heavy (non-hydrogen) atoms. The lowest BCUT2D eigenvalue weighted by Gasteiger charge is -2.13. The highest BCUT2D eigenvalue weighted by molar-refractivity contribution is 6.00. The van der Waals surface area contributed by atoms with Crippen molar-refractivity contribution in [2.45, 2.75) is 18.3 Å². The van der Waals surface area contributed by atoms with Gasteiger partial charge in [-0.05, 0) is 30.5 Å². The molecule has 1 aromatic carbocycles. The standard InChI is InChI=1S/C18H19N5O/c1-22(2)14-9-6-12-23-15(14)19-17(21-23)20-16(24)18(10-11-18)13-7-4-3-5-8-13/h3-9,12H,10-11H2,1-2H3,(H,20,21,24). The monoisotopic (exact) mass is 321 g/mol. The number of hydrogen-bond donors (Lipinski definition) is 1. The van der Waals surface area contributed by atoms with Gasteiger partial charge in [0.05, 0.1) is 11.1 Å². The molecule has 122 valence electrons. The number of carbonyl (C=O) groups is 1. The Kier molecular flexibility index (Phi) is 3.26. The van der Waals surface area contributed by atoms with Gasteiger partial charge in [-0.2, -0.15) is 4.98 Å². The van der Waals surface area contributed by atoms with Crippen molar-refractivity contribution < 1.29 is 4.79 Å². The highest BCUT2D eigenvalue weighted by atomic mass is 16.2. The van der Waals surface area contributed by atoms with Gasteiger partial charge in [-0.1, -0.05) is 30.3 Å². The quantitative estimate of drug-likeness (QED) is 0.802. The van der Waals surface area contributed by atoms with Gasteiger partial charge in [0, 0.05) is 20.3 Å². The molecule has 1 saturated carbocycles. The van der Waals surface area contributed by atoms with Crippen molar-refractivity contribution >= 4 is 23.2 Å². The van der Waals surface area contributed by atoms with Crippen molar-refractivity contribution in [3.63, 3.8) is 0 Å². The van der Waals surface area contributed by atoms with Crippen molar-refractivity contribution in [3.05, 3.63) is 54.2 Å². The molecule has 0 bridgehead atoms. The largest absolute Gasteiger partial charge is 0.375 e. The fourth-order valence-corrected chi connectivity index (χ4v) is 3.04. The molecule has 4 rings (SSSR count). The van der Waals surface area contributed by atoms with E-state index in [2.05, 4.69) is 15.4 Å². The van der Waals surface area contributed by atoms with Crippen LogP contribution in [0.4, 0.5) is 11.6 Å². The number of nitrogens with one attached hydrogen (secondary N) is 1. The van der Waals surface area contributed by atoms with E-state index in [9.17, 15) is 4.79 Å². The topological polar surface area (TPSA) is 62.5 Å². The number of carbonyl (C=O) groups excluding carboxylic acids is 1. The molecule has 0 spiro atoms. The Balaban J connectivity index is 1.63. The van der Waals surface area contributed by atoms with E-state index < -0.39 is 5.41 Å². The second-order valence-corrected chi connectivity index (χ2v) is 6.39. The minimum absolute atomic E-state index is 0.0315. The summed E-state index contributed by atoms with van der Waals surface area (Å²) in [6, 6.07) is 13.8. The van der Waals surface area contributed by atoms with Gasteiger partial charge in [-0.25, -0.2) is 4.52 Å². The van der Waals surface area contributed by atoms with Crippen LogP contribution in [0.1, 0.15) is 18.4 Å². The van der Waals surface area contributed by atoms with Crippen LogP contribution in [0.5, 0.6) is 0 Å². The molecule has 3 aromatic rings. The lowest BCUT2D eigenvalue weighted by atomic mass is 9.95. The van der Waals surface area contributed by atoms with E-state index in [0.29, 0.717) is 5.95 Å². The number of rotatable bonds is 4. The molecule has 0 unspecified atom stereocenters. The number of nitrogens with zero attached hydrogens (tertiary/aromatic N) is 4. The minimum Gasteiger partial charge on any atom is -0.375 e. The van der Waals surface area contributed by atoms with Crippen LogP contribution in [0.2, 0.25) is 0 Å². The summed E-state index contributed by atoms with van der Waals surface area (Å²) in [7, 11) is 3.91. The van der Waals surface area contributed by atoms with E-state index in [1.54, 1.807) is 4.52 Å². The number of hydrogen-bond acceptors (Lipinski definition) is 4. The van der Waals surface area contributed by atoms with Crippen molar-refractivity contribution in [2.24, 2.45) is 0 Å². The number of pyridine rings is 1. The first-order valence-electron chi connectivity index (χ1n) is 8.00. The molecule has 1 amide bonds. The van der Waals surface area contributed by atoms with Crippen LogP contribution < -0.4 is 10.2 Å². The zero-order valence-electron chi connectivity index (χ0n) is 13.7. The first kappa shape index (κ1) is 14.7. The lowest BCUT2D eigenvalue weighted by molar-refractivity contribution is -0.118. The Morgan fingerprint density at radius 1 is 1.17 bits per heavy atom. The maximum atomic E-state index is 12.8. The Labute approximate surface area is 140 Å². The molecular weight excluding hydrogens is 302 g/mol. The Hall–Kier alpha value is -2.89. The SMILES string of the molecule is CN(C)c1cccn2nc(NC(=O)C3(c4ccccc4)CC3)nc12. The summed E-state index contributed by atoms with van der Waals surface area (Å²) in [4.78, 5) is 19.2. The first-order chi connectivity index (χ1) is 11.6. The normalized spacial score (nSPS) is 15.2. The fraction of sp³-hybridized carbons (Fsp3) is 0.278. The number of benzene rings is 1. The molecule has 2 heterocycles. The molecule has 1 aliphatic rings. The third-order valence-corrected chi connectivity index (χ3v) is 4.56. The first-order valence-corrected chi connectivity index (χ1v) is 8.00. The van der Waals surface area contributed by atoms with Crippen molar-refractivity contribution in [1.82, 2.24) is 14.6 Å². The second-order valence-electron chi connectivity index (χ2n) is 6.39. The predicted octanol–water partition coefficient (Wildman–Crippen LogP) is 2.47. The van der Waals surface area contributed by atoms with E-state index in [1.807, 2.05) is 67.7 Å². The number of aromatic nitrogens is 3. The van der Waals surface area contributed by atoms with Crippen LogP contribution >= 0.6 is 0 Å². The molecule has 2 aromatic heterocycles. The third kappa shape index (κ3) is 2.31. The maximum Gasteiger partial charge on any atom is 0.249 e. The van der Waals surface area contributed by atoms with Gasteiger partial charge in [0.15, 0.2) is 5.65 Å². The zero-order chi connectivity index (χ0) is 16.7. The molecular formula is C18H19N5O. The van der Waals surface area contributed by atoms with Gasteiger partial charge in [-0.3, -0.25) is 10.1 Å². The molecule has 0 radical (unpaired) electrons. The van der Waals surface area contributed by atoms with Crippen molar-refractivity contribution in [3.8, 4) is 0 Å². The summed E-state index contributed by atoms with van der Waals surface area (Å²) in [5.41, 5.74) is 2.31. The minimum atomic E-state index is -0.427. The van der Waals surface area contributed by atoms with Crippen LogP contribution in [0.15, 0.2) is 48.7 Å².